The van der Waals surface area contributed by atoms with Crippen LogP contribution in [0.2, 0.25) is 0 Å². The summed E-state index contributed by atoms with van der Waals surface area (Å²) >= 11 is 0. The maximum absolute atomic E-state index is 13.4. The number of carbonyl (C=O) groups excluding carboxylic acids is 1. The first-order chi connectivity index (χ1) is 18.2. The number of aromatic nitrogens is 4. The van der Waals surface area contributed by atoms with Gasteiger partial charge in [-0.1, -0.05) is 0 Å². The first-order valence-corrected chi connectivity index (χ1v) is 13.3. The molecule has 0 bridgehead atoms. The summed E-state index contributed by atoms with van der Waals surface area (Å²) in [5, 5.41) is 15.8. The average molecular weight is 528 g/mol. The van der Waals surface area contributed by atoms with Crippen LogP contribution in [-0.2, 0) is 11.3 Å². The zero-order chi connectivity index (χ0) is 26.5. The van der Waals surface area contributed by atoms with Gasteiger partial charge in [0.05, 0.1) is 30.1 Å². The highest BCUT2D eigenvalue weighted by molar-refractivity contribution is 5.81. The predicted molar refractivity (Wildman–Crippen MR) is 134 cm³/mol. The number of piperidine rings is 1. The fourth-order valence-corrected chi connectivity index (χ4v) is 5.45. The molecular formula is C27H31F2N5O4. The average Bonchev–Trinajstić information content (AvgIpc) is 3.66. The Balaban J connectivity index is 1.13. The lowest BCUT2D eigenvalue weighted by Gasteiger charge is -2.38. The third-order valence-corrected chi connectivity index (χ3v) is 8.00. The number of ether oxygens (including phenoxy) is 1. The maximum Gasteiger partial charge on any atom is 0.264 e. The minimum atomic E-state index is -2.60. The molecule has 3 heterocycles. The van der Waals surface area contributed by atoms with Gasteiger partial charge in [-0.25, -0.2) is 18.4 Å². The number of carbonyl (C=O) groups is 1. The fourth-order valence-electron chi connectivity index (χ4n) is 5.45. The van der Waals surface area contributed by atoms with Gasteiger partial charge in [0, 0.05) is 31.8 Å². The smallest absolute Gasteiger partial charge is 0.264 e. The predicted octanol–water partition coefficient (Wildman–Crippen LogP) is 3.30. The van der Waals surface area contributed by atoms with Crippen molar-refractivity contribution in [3.05, 3.63) is 47.1 Å². The second-order valence-corrected chi connectivity index (χ2v) is 11.0. The Kier molecular flexibility index (Phi) is 6.20. The van der Waals surface area contributed by atoms with Crippen molar-refractivity contribution in [2.45, 2.75) is 75.5 Å². The van der Waals surface area contributed by atoms with Crippen molar-refractivity contribution in [3.63, 3.8) is 0 Å². The van der Waals surface area contributed by atoms with Gasteiger partial charge in [0.2, 0.25) is 11.8 Å². The molecule has 0 unspecified atom stereocenters. The standard InChI is InChI=1S/C27H31F2N5O4/c28-27(29)9-7-21(8-10-27)38-20-5-3-19(4-6-20)34-23-22(15-31-34)25(36)33(17-30-23)16-26(37)11-13-32(14-12-26)24(35)18-1-2-18/h3-6,15,17-18,21,37H,1-2,7-14,16H2. The lowest BCUT2D eigenvalue weighted by Crippen LogP contribution is -2.50. The molecule has 2 aromatic heterocycles. The number of aliphatic hydroxyl groups is 1. The van der Waals surface area contributed by atoms with Gasteiger partial charge in [-0.05, 0) is 62.8 Å². The number of likely N-dealkylation sites (tertiary alicyclic amines) is 1. The molecule has 2 saturated carbocycles. The van der Waals surface area contributed by atoms with Crippen LogP contribution in [0.5, 0.6) is 5.75 Å². The molecule has 1 aliphatic heterocycles. The third kappa shape index (κ3) is 5.03. The summed E-state index contributed by atoms with van der Waals surface area (Å²) in [6.45, 7) is 1.08. The van der Waals surface area contributed by atoms with Gasteiger partial charge < -0.3 is 14.7 Å². The van der Waals surface area contributed by atoms with E-state index in [1.165, 1.54) is 17.1 Å². The molecule has 3 fully saturated rings. The fraction of sp³-hybridized carbons (Fsp3) is 0.556. The van der Waals surface area contributed by atoms with Crippen molar-refractivity contribution in [2.75, 3.05) is 13.1 Å². The van der Waals surface area contributed by atoms with E-state index in [0.29, 0.717) is 61.2 Å². The summed E-state index contributed by atoms with van der Waals surface area (Å²) < 4.78 is 35.6. The number of halogens is 2. The van der Waals surface area contributed by atoms with E-state index >= 15 is 0 Å². The number of benzene rings is 1. The van der Waals surface area contributed by atoms with E-state index < -0.39 is 11.5 Å². The molecule has 3 aromatic rings. The van der Waals surface area contributed by atoms with Gasteiger partial charge in [-0.15, -0.1) is 0 Å². The number of hydrogen-bond donors (Lipinski definition) is 1. The Bertz CT molecular complexity index is 1380. The van der Waals surface area contributed by atoms with Crippen molar-refractivity contribution in [1.29, 1.82) is 0 Å². The normalized spacial score (nSPS) is 21.5. The Morgan fingerprint density at radius 1 is 1.05 bits per heavy atom. The van der Waals surface area contributed by atoms with E-state index in [-0.39, 0.29) is 42.9 Å². The Labute approximate surface area is 218 Å². The van der Waals surface area contributed by atoms with Crippen LogP contribution < -0.4 is 10.3 Å². The van der Waals surface area contributed by atoms with Gasteiger partial charge >= 0.3 is 0 Å². The Morgan fingerprint density at radius 3 is 2.39 bits per heavy atom. The summed E-state index contributed by atoms with van der Waals surface area (Å²) in [5.41, 5.74) is -0.301. The number of fused-ring (bicyclic) bond motifs is 1. The van der Waals surface area contributed by atoms with Gasteiger partial charge in [0.15, 0.2) is 5.65 Å². The number of rotatable bonds is 6. The molecule has 6 rings (SSSR count). The molecule has 0 radical (unpaired) electrons. The zero-order valence-corrected chi connectivity index (χ0v) is 21.1. The van der Waals surface area contributed by atoms with Gasteiger partial charge in [-0.2, -0.15) is 5.10 Å². The lowest BCUT2D eigenvalue weighted by molar-refractivity contribution is -0.137. The van der Waals surface area contributed by atoms with Gasteiger partial charge in [0.1, 0.15) is 17.5 Å². The van der Waals surface area contributed by atoms with Crippen LogP contribution in [0, 0.1) is 5.92 Å². The van der Waals surface area contributed by atoms with Gasteiger partial charge in [-0.3, -0.25) is 14.2 Å². The zero-order valence-electron chi connectivity index (χ0n) is 21.1. The monoisotopic (exact) mass is 527 g/mol. The number of hydrogen-bond acceptors (Lipinski definition) is 6. The van der Waals surface area contributed by atoms with E-state index in [1.807, 2.05) is 4.90 Å². The van der Waals surface area contributed by atoms with Crippen LogP contribution in [0.3, 0.4) is 0 Å². The summed E-state index contributed by atoms with van der Waals surface area (Å²) in [7, 11) is 0. The molecule has 3 aliphatic rings. The minimum absolute atomic E-state index is 0.102. The first kappa shape index (κ1) is 25.0. The summed E-state index contributed by atoms with van der Waals surface area (Å²) in [6.07, 6.45) is 5.72. The molecule has 1 saturated heterocycles. The molecule has 202 valence electrons. The first-order valence-electron chi connectivity index (χ1n) is 13.3. The number of alkyl halides is 2. The second-order valence-electron chi connectivity index (χ2n) is 11.0. The lowest BCUT2D eigenvalue weighted by atomic mass is 9.91. The maximum atomic E-state index is 13.4. The molecule has 1 amide bonds. The van der Waals surface area contributed by atoms with Crippen molar-refractivity contribution in [1.82, 2.24) is 24.2 Å². The largest absolute Gasteiger partial charge is 0.490 e. The number of amides is 1. The molecular weight excluding hydrogens is 496 g/mol. The van der Waals surface area contributed by atoms with Crippen LogP contribution in [0.4, 0.5) is 8.78 Å². The van der Waals surface area contributed by atoms with Crippen molar-refractivity contribution in [2.24, 2.45) is 5.92 Å². The van der Waals surface area contributed by atoms with Crippen LogP contribution in [0.25, 0.3) is 16.7 Å². The van der Waals surface area contributed by atoms with E-state index in [2.05, 4.69) is 10.1 Å². The summed E-state index contributed by atoms with van der Waals surface area (Å²) in [5.74, 6) is -1.67. The van der Waals surface area contributed by atoms with Crippen LogP contribution in [-0.4, -0.2) is 66.0 Å². The summed E-state index contributed by atoms with van der Waals surface area (Å²) in [4.78, 5) is 31.8. The van der Waals surface area contributed by atoms with E-state index in [1.54, 1.807) is 28.9 Å². The van der Waals surface area contributed by atoms with Crippen LogP contribution >= 0.6 is 0 Å². The van der Waals surface area contributed by atoms with E-state index in [4.69, 9.17) is 4.74 Å². The van der Waals surface area contributed by atoms with Crippen molar-refractivity contribution < 1.29 is 23.4 Å². The SMILES string of the molecule is O=C(C1CC1)N1CCC(O)(Cn2cnc3c(cnn3-c3ccc(OC4CCC(F)(F)CC4)cc3)c2=O)CC1. The van der Waals surface area contributed by atoms with Crippen LogP contribution in [0.15, 0.2) is 41.6 Å². The molecule has 0 atom stereocenters. The Hall–Kier alpha value is -3.34. The third-order valence-electron chi connectivity index (χ3n) is 8.00. The molecule has 9 nitrogen and oxygen atoms in total. The van der Waals surface area contributed by atoms with E-state index in [9.17, 15) is 23.5 Å². The van der Waals surface area contributed by atoms with E-state index in [0.717, 1.165) is 12.8 Å². The molecule has 0 spiro atoms. The highest BCUT2D eigenvalue weighted by Gasteiger charge is 2.39. The molecule has 38 heavy (non-hydrogen) atoms. The molecule has 1 N–H and O–H groups in total. The van der Waals surface area contributed by atoms with Crippen molar-refractivity contribution >= 4 is 16.9 Å². The van der Waals surface area contributed by atoms with Gasteiger partial charge in [0.25, 0.3) is 5.56 Å². The van der Waals surface area contributed by atoms with Crippen LogP contribution in [0.1, 0.15) is 51.4 Å². The molecule has 2 aliphatic carbocycles. The quantitative estimate of drug-likeness (QED) is 0.528. The summed E-state index contributed by atoms with van der Waals surface area (Å²) in [6, 6.07) is 7.08. The number of nitrogens with zero attached hydrogens (tertiary/aromatic N) is 5. The molecule has 11 heteroatoms. The van der Waals surface area contributed by atoms with Crippen molar-refractivity contribution in [3.8, 4) is 11.4 Å². The molecule has 1 aromatic carbocycles. The highest BCUT2D eigenvalue weighted by Crippen LogP contribution is 2.35. The highest BCUT2D eigenvalue weighted by atomic mass is 19.3. The second kappa shape index (κ2) is 9.44. The topological polar surface area (TPSA) is 102 Å². The minimum Gasteiger partial charge on any atom is -0.490 e. The Morgan fingerprint density at radius 2 is 1.74 bits per heavy atom.